The standard InChI is InChI=1S/C23H27N5O/c29-23(26-20-12-15-27(16-13-20)21-7-3-1-4-8-21)24-14-11-19-17-25-28(18-19)22-9-5-2-6-10-22/h1-10,17-18,20H,11-16H2,(H2,24,26,29). The topological polar surface area (TPSA) is 62.2 Å². The van der Waals surface area contributed by atoms with Crippen LogP contribution in [0.2, 0.25) is 0 Å². The highest BCUT2D eigenvalue weighted by molar-refractivity contribution is 5.74. The molecular formula is C23H27N5O. The van der Waals surface area contributed by atoms with Crippen molar-refractivity contribution in [1.82, 2.24) is 20.4 Å². The third-order valence-corrected chi connectivity index (χ3v) is 5.31. The summed E-state index contributed by atoms with van der Waals surface area (Å²) in [6, 6.07) is 20.6. The summed E-state index contributed by atoms with van der Waals surface area (Å²) in [5.41, 5.74) is 3.39. The highest BCUT2D eigenvalue weighted by Gasteiger charge is 2.20. The first-order valence-corrected chi connectivity index (χ1v) is 10.2. The summed E-state index contributed by atoms with van der Waals surface area (Å²) in [4.78, 5) is 14.6. The van der Waals surface area contributed by atoms with Crippen LogP contribution in [0.15, 0.2) is 73.1 Å². The predicted octanol–water partition coefficient (Wildman–Crippen LogP) is 3.38. The van der Waals surface area contributed by atoms with Gasteiger partial charge in [-0.15, -0.1) is 0 Å². The van der Waals surface area contributed by atoms with Gasteiger partial charge in [0, 0.05) is 37.6 Å². The van der Waals surface area contributed by atoms with Crippen LogP contribution in [0.1, 0.15) is 18.4 Å². The number of aromatic nitrogens is 2. The highest BCUT2D eigenvalue weighted by Crippen LogP contribution is 2.19. The Kier molecular flexibility index (Phi) is 6.10. The number of amides is 2. The lowest BCUT2D eigenvalue weighted by Crippen LogP contribution is -2.48. The summed E-state index contributed by atoms with van der Waals surface area (Å²) in [5, 5.41) is 10.5. The summed E-state index contributed by atoms with van der Waals surface area (Å²) in [5.74, 6) is 0. The molecule has 0 unspecified atom stereocenters. The molecule has 29 heavy (non-hydrogen) atoms. The van der Waals surface area contributed by atoms with Gasteiger partial charge in [0.15, 0.2) is 0 Å². The zero-order valence-corrected chi connectivity index (χ0v) is 16.5. The number of urea groups is 1. The number of nitrogens with zero attached hydrogens (tertiary/aromatic N) is 3. The maximum Gasteiger partial charge on any atom is 0.315 e. The van der Waals surface area contributed by atoms with Gasteiger partial charge in [-0.2, -0.15) is 5.10 Å². The lowest BCUT2D eigenvalue weighted by molar-refractivity contribution is 0.234. The maximum absolute atomic E-state index is 12.2. The van der Waals surface area contributed by atoms with E-state index in [0.29, 0.717) is 6.54 Å². The average Bonchev–Trinajstić information content (AvgIpc) is 3.24. The van der Waals surface area contributed by atoms with Gasteiger partial charge in [0.2, 0.25) is 0 Å². The quantitative estimate of drug-likeness (QED) is 0.679. The molecule has 4 rings (SSSR count). The summed E-state index contributed by atoms with van der Waals surface area (Å²) in [7, 11) is 0. The van der Waals surface area contributed by atoms with Crippen molar-refractivity contribution in [2.24, 2.45) is 0 Å². The van der Waals surface area contributed by atoms with Crippen LogP contribution < -0.4 is 15.5 Å². The summed E-state index contributed by atoms with van der Waals surface area (Å²) in [6.07, 6.45) is 6.55. The number of benzene rings is 2. The molecule has 2 aromatic carbocycles. The third-order valence-electron chi connectivity index (χ3n) is 5.31. The summed E-state index contributed by atoms with van der Waals surface area (Å²) >= 11 is 0. The van der Waals surface area contributed by atoms with Crippen LogP contribution in [-0.2, 0) is 6.42 Å². The molecule has 2 N–H and O–H groups in total. The molecule has 0 aliphatic carbocycles. The Balaban J connectivity index is 1.17. The highest BCUT2D eigenvalue weighted by atomic mass is 16.2. The molecular weight excluding hydrogens is 362 g/mol. The molecule has 1 saturated heterocycles. The van der Waals surface area contributed by atoms with Gasteiger partial charge in [0.05, 0.1) is 11.9 Å². The largest absolute Gasteiger partial charge is 0.371 e. The predicted molar refractivity (Wildman–Crippen MR) is 115 cm³/mol. The van der Waals surface area contributed by atoms with Crippen molar-refractivity contribution in [3.63, 3.8) is 0 Å². The molecule has 0 spiro atoms. The van der Waals surface area contributed by atoms with Crippen molar-refractivity contribution in [3.05, 3.63) is 78.6 Å². The van der Waals surface area contributed by atoms with E-state index >= 15 is 0 Å². The molecule has 2 heterocycles. The number of carbonyl (C=O) groups is 1. The smallest absolute Gasteiger partial charge is 0.315 e. The number of anilines is 1. The van der Waals surface area contributed by atoms with Crippen LogP contribution in [0.4, 0.5) is 10.5 Å². The molecule has 3 aromatic rings. The second kappa shape index (κ2) is 9.28. The molecule has 1 aliphatic heterocycles. The van der Waals surface area contributed by atoms with Crippen LogP contribution in [0.3, 0.4) is 0 Å². The van der Waals surface area contributed by atoms with Crippen molar-refractivity contribution in [2.75, 3.05) is 24.5 Å². The fourth-order valence-electron chi connectivity index (χ4n) is 3.69. The molecule has 150 valence electrons. The van der Waals surface area contributed by atoms with Crippen molar-refractivity contribution in [1.29, 1.82) is 0 Å². The Bertz CT molecular complexity index is 901. The van der Waals surface area contributed by atoms with E-state index in [1.165, 1.54) is 5.69 Å². The summed E-state index contributed by atoms with van der Waals surface area (Å²) in [6.45, 7) is 2.52. The van der Waals surface area contributed by atoms with Gasteiger partial charge in [0.25, 0.3) is 0 Å². The zero-order valence-electron chi connectivity index (χ0n) is 16.5. The number of rotatable bonds is 6. The minimum absolute atomic E-state index is 0.0846. The van der Waals surface area contributed by atoms with E-state index in [1.54, 1.807) is 0 Å². The van der Waals surface area contributed by atoms with E-state index in [2.05, 4.69) is 44.9 Å². The Morgan fingerprint density at radius 1 is 0.966 bits per heavy atom. The first-order chi connectivity index (χ1) is 14.3. The number of para-hydroxylation sites is 2. The van der Waals surface area contributed by atoms with E-state index in [-0.39, 0.29) is 12.1 Å². The van der Waals surface area contributed by atoms with E-state index in [4.69, 9.17) is 0 Å². The Labute approximate surface area is 171 Å². The van der Waals surface area contributed by atoms with E-state index < -0.39 is 0 Å². The SMILES string of the molecule is O=C(NCCc1cnn(-c2ccccc2)c1)NC1CCN(c2ccccc2)CC1. The molecule has 0 bridgehead atoms. The van der Waals surface area contributed by atoms with E-state index in [1.807, 2.05) is 53.5 Å². The van der Waals surface area contributed by atoms with E-state index in [9.17, 15) is 4.79 Å². The van der Waals surface area contributed by atoms with Gasteiger partial charge in [-0.1, -0.05) is 36.4 Å². The maximum atomic E-state index is 12.2. The zero-order chi connectivity index (χ0) is 19.9. The first-order valence-electron chi connectivity index (χ1n) is 10.2. The number of hydrogen-bond acceptors (Lipinski definition) is 3. The van der Waals surface area contributed by atoms with Gasteiger partial charge in [-0.3, -0.25) is 0 Å². The van der Waals surface area contributed by atoms with Crippen LogP contribution in [0.25, 0.3) is 5.69 Å². The normalized spacial score (nSPS) is 14.6. The van der Waals surface area contributed by atoms with Crippen LogP contribution in [0, 0.1) is 0 Å². The van der Waals surface area contributed by atoms with Gasteiger partial charge in [0.1, 0.15) is 0 Å². The Morgan fingerprint density at radius 3 is 2.31 bits per heavy atom. The lowest BCUT2D eigenvalue weighted by atomic mass is 10.0. The van der Waals surface area contributed by atoms with Crippen molar-refractivity contribution in [2.45, 2.75) is 25.3 Å². The molecule has 0 atom stereocenters. The number of nitrogens with one attached hydrogen (secondary N) is 2. The van der Waals surface area contributed by atoms with Gasteiger partial charge in [-0.25, -0.2) is 9.48 Å². The Hall–Kier alpha value is -3.28. The third kappa shape index (κ3) is 5.16. The molecule has 2 amide bonds. The first kappa shape index (κ1) is 19.1. The van der Waals surface area contributed by atoms with Gasteiger partial charge < -0.3 is 15.5 Å². The van der Waals surface area contributed by atoms with Gasteiger partial charge in [-0.05, 0) is 49.1 Å². The average molecular weight is 390 g/mol. The molecule has 0 saturated carbocycles. The molecule has 0 radical (unpaired) electrons. The van der Waals surface area contributed by atoms with Gasteiger partial charge >= 0.3 is 6.03 Å². The van der Waals surface area contributed by atoms with E-state index in [0.717, 1.165) is 43.6 Å². The number of carbonyl (C=O) groups excluding carboxylic acids is 1. The van der Waals surface area contributed by atoms with Crippen molar-refractivity contribution >= 4 is 11.7 Å². The Morgan fingerprint density at radius 2 is 1.62 bits per heavy atom. The summed E-state index contributed by atoms with van der Waals surface area (Å²) < 4.78 is 1.86. The van der Waals surface area contributed by atoms with Crippen LogP contribution >= 0.6 is 0 Å². The van der Waals surface area contributed by atoms with Crippen molar-refractivity contribution < 1.29 is 4.79 Å². The second-order valence-electron chi connectivity index (χ2n) is 7.38. The minimum Gasteiger partial charge on any atom is -0.371 e. The second-order valence-corrected chi connectivity index (χ2v) is 7.38. The molecule has 1 aromatic heterocycles. The fraction of sp³-hybridized carbons (Fsp3) is 0.304. The molecule has 6 nitrogen and oxygen atoms in total. The fourth-order valence-corrected chi connectivity index (χ4v) is 3.69. The molecule has 6 heteroatoms. The minimum atomic E-state index is -0.0846. The lowest BCUT2D eigenvalue weighted by Gasteiger charge is -2.33. The molecule has 1 aliphatic rings. The van der Waals surface area contributed by atoms with Crippen LogP contribution in [-0.4, -0.2) is 41.5 Å². The van der Waals surface area contributed by atoms with Crippen LogP contribution in [0.5, 0.6) is 0 Å². The number of hydrogen-bond donors (Lipinski definition) is 2. The monoisotopic (exact) mass is 389 g/mol. The molecule has 1 fully saturated rings. The van der Waals surface area contributed by atoms with Crippen molar-refractivity contribution in [3.8, 4) is 5.69 Å². The number of piperidine rings is 1.